The highest BCUT2D eigenvalue weighted by Crippen LogP contribution is 1.99. The number of carbonyl (C=O) groups excluding carboxylic acids is 1. The van der Waals surface area contributed by atoms with Crippen LogP contribution in [0.4, 0.5) is 0 Å². The lowest BCUT2D eigenvalue weighted by atomic mass is 10.2. The molecule has 3 heteroatoms. The summed E-state index contributed by atoms with van der Waals surface area (Å²) in [5, 5.41) is 0. The fourth-order valence-electron chi connectivity index (χ4n) is 1.29. The van der Waals surface area contributed by atoms with E-state index in [0.29, 0.717) is 13.2 Å². The number of ether oxygens (including phenoxy) is 1. The third-order valence-corrected chi connectivity index (χ3v) is 2.06. The summed E-state index contributed by atoms with van der Waals surface area (Å²) in [6.07, 6.45) is 2.80. The molecule has 1 aromatic carbocycles. The molecule has 0 aliphatic rings. The Labute approximate surface area is 96.2 Å². The Morgan fingerprint density at radius 1 is 1.38 bits per heavy atom. The monoisotopic (exact) mass is 219 g/mol. The van der Waals surface area contributed by atoms with Crippen LogP contribution >= 0.6 is 0 Å². The highest BCUT2D eigenvalue weighted by atomic mass is 16.5. The van der Waals surface area contributed by atoms with Gasteiger partial charge in [-0.3, -0.25) is 9.79 Å². The zero-order valence-electron chi connectivity index (χ0n) is 9.56. The lowest BCUT2D eigenvalue weighted by Gasteiger charge is -1.97. The fraction of sp³-hybridized carbons (Fsp3) is 0.385. The predicted octanol–water partition coefficient (Wildman–Crippen LogP) is 2.25. The summed E-state index contributed by atoms with van der Waals surface area (Å²) in [6.45, 7) is 2.94. The van der Waals surface area contributed by atoms with Crippen molar-refractivity contribution >= 4 is 12.2 Å². The van der Waals surface area contributed by atoms with Crippen LogP contribution in [0.3, 0.4) is 0 Å². The van der Waals surface area contributed by atoms with Gasteiger partial charge in [-0.05, 0) is 18.9 Å². The Bertz CT molecular complexity index is 333. The number of benzene rings is 1. The minimum atomic E-state index is -0.217. The summed E-state index contributed by atoms with van der Waals surface area (Å²) >= 11 is 0. The van der Waals surface area contributed by atoms with Gasteiger partial charge in [0.1, 0.15) is 0 Å². The maximum atomic E-state index is 11.0. The molecule has 0 saturated heterocycles. The van der Waals surface area contributed by atoms with Crippen LogP contribution in [0.15, 0.2) is 35.3 Å². The third kappa shape index (κ3) is 5.29. The number of hydrogen-bond donors (Lipinski definition) is 0. The molecule has 0 aromatic heterocycles. The van der Waals surface area contributed by atoms with Crippen LogP contribution in [-0.4, -0.2) is 25.3 Å². The summed E-state index contributed by atoms with van der Waals surface area (Å²) < 4.78 is 4.78. The molecule has 16 heavy (non-hydrogen) atoms. The van der Waals surface area contributed by atoms with Gasteiger partial charge in [0.25, 0.3) is 0 Å². The SMILES string of the molecule is CCOC(=O)CC=NCCc1ccccc1. The van der Waals surface area contributed by atoms with E-state index in [1.165, 1.54) is 5.56 Å². The van der Waals surface area contributed by atoms with Gasteiger partial charge in [0, 0.05) is 12.8 Å². The molecule has 0 N–H and O–H groups in total. The molecule has 0 bridgehead atoms. The van der Waals surface area contributed by atoms with Crippen molar-refractivity contribution in [1.82, 2.24) is 0 Å². The van der Waals surface area contributed by atoms with E-state index in [-0.39, 0.29) is 12.4 Å². The average Bonchev–Trinajstić information content (AvgIpc) is 2.30. The number of rotatable bonds is 6. The van der Waals surface area contributed by atoms with Crippen LogP contribution in [0.5, 0.6) is 0 Å². The first-order valence-electron chi connectivity index (χ1n) is 5.50. The van der Waals surface area contributed by atoms with E-state index < -0.39 is 0 Å². The Hall–Kier alpha value is -1.64. The molecule has 0 atom stereocenters. The molecule has 1 rings (SSSR count). The van der Waals surface area contributed by atoms with Gasteiger partial charge in [0.2, 0.25) is 0 Å². The van der Waals surface area contributed by atoms with Crippen LogP contribution in [0.25, 0.3) is 0 Å². The van der Waals surface area contributed by atoms with E-state index in [9.17, 15) is 4.79 Å². The summed E-state index contributed by atoms with van der Waals surface area (Å²) in [7, 11) is 0. The van der Waals surface area contributed by atoms with E-state index in [1.807, 2.05) is 18.2 Å². The van der Waals surface area contributed by atoms with Gasteiger partial charge in [-0.2, -0.15) is 0 Å². The van der Waals surface area contributed by atoms with Crippen molar-refractivity contribution in [2.24, 2.45) is 4.99 Å². The Balaban J connectivity index is 2.16. The summed E-state index contributed by atoms with van der Waals surface area (Å²) in [6, 6.07) is 10.2. The minimum Gasteiger partial charge on any atom is -0.466 e. The van der Waals surface area contributed by atoms with Crippen molar-refractivity contribution in [1.29, 1.82) is 0 Å². The molecule has 0 saturated carbocycles. The Kier molecular flexibility index (Phi) is 5.92. The summed E-state index contributed by atoms with van der Waals surface area (Å²) in [4.78, 5) is 15.1. The van der Waals surface area contributed by atoms with Gasteiger partial charge in [0.05, 0.1) is 13.0 Å². The molecule has 86 valence electrons. The fourth-order valence-corrected chi connectivity index (χ4v) is 1.29. The second-order valence-electron chi connectivity index (χ2n) is 3.33. The van der Waals surface area contributed by atoms with Gasteiger partial charge in [-0.15, -0.1) is 0 Å². The van der Waals surface area contributed by atoms with Crippen molar-refractivity contribution in [2.75, 3.05) is 13.2 Å². The molecule has 1 aromatic rings. The molecule has 0 radical (unpaired) electrons. The highest BCUT2D eigenvalue weighted by Gasteiger charge is 1.96. The molecule has 0 unspecified atom stereocenters. The van der Waals surface area contributed by atoms with Crippen molar-refractivity contribution in [3.8, 4) is 0 Å². The third-order valence-electron chi connectivity index (χ3n) is 2.06. The summed E-state index contributed by atoms with van der Waals surface area (Å²) in [5.74, 6) is -0.217. The molecule has 0 spiro atoms. The maximum absolute atomic E-state index is 11.0. The van der Waals surface area contributed by atoms with Crippen molar-refractivity contribution in [2.45, 2.75) is 19.8 Å². The number of esters is 1. The van der Waals surface area contributed by atoms with Gasteiger partial charge in [-0.1, -0.05) is 30.3 Å². The number of aliphatic imine (C=N–C) groups is 1. The molecular weight excluding hydrogens is 202 g/mol. The Morgan fingerprint density at radius 3 is 2.81 bits per heavy atom. The van der Waals surface area contributed by atoms with E-state index in [4.69, 9.17) is 4.74 Å². The van der Waals surface area contributed by atoms with Crippen LogP contribution in [0.1, 0.15) is 18.9 Å². The molecular formula is C13H17NO2. The van der Waals surface area contributed by atoms with Crippen molar-refractivity contribution in [3.05, 3.63) is 35.9 Å². The summed E-state index contributed by atoms with van der Waals surface area (Å²) in [5.41, 5.74) is 1.26. The number of hydrogen-bond acceptors (Lipinski definition) is 3. The smallest absolute Gasteiger partial charge is 0.311 e. The lowest BCUT2D eigenvalue weighted by molar-refractivity contribution is -0.141. The lowest BCUT2D eigenvalue weighted by Crippen LogP contribution is -2.04. The normalized spacial score (nSPS) is 10.6. The molecule has 0 fully saturated rings. The topological polar surface area (TPSA) is 38.7 Å². The maximum Gasteiger partial charge on any atom is 0.311 e. The standard InChI is InChI=1S/C13H17NO2/c1-2-16-13(15)9-11-14-10-8-12-6-4-3-5-7-12/h3-7,11H,2,8-10H2,1H3. The van der Waals surface area contributed by atoms with Gasteiger partial charge < -0.3 is 4.74 Å². The molecule has 0 heterocycles. The largest absolute Gasteiger partial charge is 0.466 e. The first-order valence-corrected chi connectivity index (χ1v) is 5.50. The second-order valence-corrected chi connectivity index (χ2v) is 3.33. The van der Waals surface area contributed by atoms with E-state index in [2.05, 4.69) is 17.1 Å². The molecule has 0 aliphatic heterocycles. The molecule has 3 nitrogen and oxygen atoms in total. The second kappa shape index (κ2) is 7.63. The molecule has 0 aliphatic carbocycles. The first-order chi connectivity index (χ1) is 7.83. The van der Waals surface area contributed by atoms with E-state index >= 15 is 0 Å². The van der Waals surface area contributed by atoms with Gasteiger partial charge in [0.15, 0.2) is 0 Å². The van der Waals surface area contributed by atoms with E-state index in [0.717, 1.165) is 6.42 Å². The van der Waals surface area contributed by atoms with Crippen LogP contribution in [-0.2, 0) is 16.0 Å². The zero-order chi connectivity index (χ0) is 11.6. The number of carbonyl (C=O) groups is 1. The van der Waals surface area contributed by atoms with Gasteiger partial charge in [-0.25, -0.2) is 0 Å². The number of nitrogens with zero attached hydrogens (tertiary/aromatic N) is 1. The minimum absolute atomic E-state index is 0.217. The van der Waals surface area contributed by atoms with E-state index in [1.54, 1.807) is 13.1 Å². The van der Waals surface area contributed by atoms with Crippen LogP contribution in [0, 0.1) is 0 Å². The average molecular weight is 219 g/mol. The van der Waals surface area contributed by atoms with Crippen molar-refractivity contribution in [3.63, 3.8) is 0 Å². The quantitative estimate of drug-likeness (QED) is 0.543. The molecule has 0 amide bonds. The van der Waals surface area contributed by atoms with Crippen LogP contribution < -0.4 is 0 Å². The van der Waals surface area contributed by atoms with Gasteiger partial charge >= 0.3 is 5.97 Å². The zero-order valence-corrected chi connectivity index (χ0v) is 9.56. The van der Waals surface area contributed by atoms with Crippen LogP contribution in [0.2, 0.25) is 0 Å². The predicted molar refractivity (Wildman–Crippen MR) is 64.8 cm³/mol. The Morgan fingerprint density at radius 2 is 2.12 bits per heavy atom. The van der Waals surface area contributed by atoms with Crippen molar-refractivity contribution < 1.29 is 9.53 Å². The highest BCUT2D eigenvalue weighted by molar-refractivity contribution is 5.85. The first kappa shape index (κ1) is 12.4.